The first-order valence-corrected chi connectivity index (χ1v) is 5.35. The first kappa shape index (κ1) is 16.2. The highest BCUT2D eigenvalue weighted by molar-refractivity contribution is 5.73. The minimum absolute atomic E-state index is 0.231. The van der Waals surface area contributed by atoms with Gasteiger partial charge in [0.2, 0.25) is 29.1 Å². The SMILES string of the molecule is CNC(CCOc1c(F)c(F)c(F)c(F)c1F)C(=O)O. The topological polar surface area (TPSA) is 58.6 Å². The molecule has 1 atom stereocenters. The van der Waals surface area contributed by atoms with E-state index in [-0.39, 0.29) is 6.42 Å². The number of rotatable bonds is 6. The number of benzene rings is 1. The fraction of sp³-hybridized carbons (Fsp3) is 0.364. The standard InChI is InChI=1S/C11H10F5NO3/c1-17-4(11(18)19)2-3-20-10-8(15)6(13)5(12)7(14)9(10)16/h4,17H,2-3H2,1H3,(H,18,19). The third-order valence-corrected chi connectivity index (χ3v) is 2.47. The van der Waals surface area contributed by atoms with Crippen LogP contribution in [0.4, 0.5) is 22.0 Å². The Kier molecular flexibility index (Phi) is 5.26. The number of nitrogens with one attached hydrogen (secondary N) is 1. The van der Waals surface area contributed by atoms with Gasteiger partial charge in [-0.2, -0.15) is 8.78 Å². The molecule has 1 aromatic carbocycles. The third-order valence-electron chi connectivity index (χ3n) is 2.47. The van der Waals surface area contributed by atoms with Crippen molar-refractivity contribution < 1.29 is 36.6 Å². The molecular weight excluding hydrogens is 289 g/mol. The summed E-state index contributed by atoms with van der Waals surface area (Å²) in [6.45, 7) is -0.545. The van der Waals surface area contributed by atoms with Crippen LogP contribution in [-0.2, 0) is 4.79 Å². The van der Waals surface area contributed by atoms with Gasteiger partial charge in [-0.25, -0.2) is 13.2 Å². The van der Waals surface area contributed by atoms with Crippen LogP contribution in [0.2, 0.25) is 0 Å². The van der Waals surface area contributed by atoms with Crippen LogP contribution in [0.3, 0.4) is 0 Å². The number of ether oxygens (including phenoxy) is 1. The minimum Gasteiger partial charge on any atom is -0.487 e. The summed E-state index contributed by atoms with van der Waals surface area (Å²) < 4.78 is 69.3. The van der Waals surface area contributed by atoms with Crippen molar-refractivity contribution in [2.24, 2.45) is 0 Å². The highest BCUT2D eigenvalue weighted by Gasteiger charge is 2.27. The average Bonchev–Trinajstić information content (AvgIpc) is 2.42. The molecule has 0 spiro atoms. The van der Waals surface area contributed by atoms with Crippen LogP contribution in [0.5, 0.6) is 5.75 Å². The van der Waals surface area contributed by atoms with Crippen LogP contribution < -0.4 is 10.1 Å². The van der Waals surface area contributed by atoms with Crippen LogP contribution in [0.1, 0.15) is 6.42 Å². The highest BCUT2D eigenvalue weighted by Crippen LogP contribution is 2.29. The molecule has 1 rings (SSSR count). The average molecular weight is 299 g/mol. The zero-order valence-electron chi connectivity index (χ0n) is 10.1. The minimum atomic E-state index is -2.29. The summed E-state index contributed by atoms with van der Waals surface area (Å²) in [5.41, 5.74) is 0. The number of likely N-dealkylation sites (N-methyl/N-ethyl adjacent to an activating group) is 1. The van der Waals surface area contributed by atoms with Gasteiger partial charge in [-0.3, -0.25) is 4.79 Å². The molecule has 0 aliphatic rings. The number of aliphatic carboxylic acids is 1. The van der Waals surface area contributed by atoms with E-state index in [2.05, 4.69) is 10.1 Å². The van der Waals surface area contributed by atoms with E-state index in [0.717, 1.165) is 0 Å². The number of hydrogen-bond acceptors (Lipinski definition) is 3. The molecule has 0 aromatic heterocycles. The summed E-state index contributed by atoms with van der Waals surface area (Å²) in [6.07, 6.45) is -0.231. The van der Waals surface area contributed by atoms with Crippen molar-refractivity contribution in [2.45, 2.75) is 12.5 Å². The van der Waals surface area contributed by atoms with Gasteiger partial charge in [-0.15, -0.1) is 0 Å². The van der Waals surface area contributed by atoms with E-state index < -0.39 is 53.5 Å². The van der Waals surface area contributed by atoms with E-state index in [4.69, 9.17) is 5.11 Å². The lowest BCUT2D eigenvalue weighted by molar-refractivity contribution is -0.139. The summed E-state index contributed by atoms with van der Waals surface area (Å²) in [6, 6.07) is -1.07. The molecule has 4 nitrogen and oxygen atoms in total. The van der Waals surface area contributed by atoms with E-state index in [9.17, 15) is 26.7 Å². The van der Waals surface area contributed by atoms with Gasteiger partial charge in [0.05, 0.1) is 6.61 Å². The first-order chi connectivity index (χ1) is 9.31. The summed E-state index contributed by atoms with van der Waals surface area (Å²) in [5.74, 6) is -13.4. The Hall–Kier alpha value is -1.90. The van der Waals surface area contributed by atoms with Crippen LogP contribution in [0.15, 0.2) is 0 Å². The quantitative estimate of drug-likeness (QED) is 0.478. The summed E-state index contributed by atoms with van der Waals surface area (Å²) in [7, 11) is 1.33. The lowest BCUT2D eigenvalue weighted by Crippen LogP contribution is -2.35. The lowest BCUT2D eigenvalue weighted by Gasteiger charge is -2.13. The first-order valence-electron chi connectivity index (χ1n) is 5.35. The van der Waals surface area contributed by atoms with Crippen LogP contribution in [0.25, 0.3) is 0 Å². The Bertz CT molecular complexity index is 494. The molecule has 1 unspecified atom stereocenters. The van der Waals surface area contributed by atoms with Crippen molar-refractivity contribution in [1.82, 2.24) is 5.32 Å². The maximum absolute atomic E-state index is 13.2. The lowest BCUT2D eigenvalue weighted by atomic mass is 10.2. The van der Waals surface area contributed by atoms with Gasteiger partial charge in [-0.05, 0) is 7.05 Å². The molecule has 20 heavy (non-hydrogen) atoms. The second-order valence-corrected chi connectivity index (χ2v) is 3.72. The molecule has 0 saturated heterocycles. The molecule has 0 aliphatic carbocycles. The van der Waals surface area contributed by atoms with Crippen molar-refractivity contribution in [1.29, 1.82) is 0 Å². The Morgan fingerprint density at radius 3 is 1.95 bits per heavy atom. The Morgan fingerprint density at radius 1 is 1.10 bits per heavy atom. The zero-order chi connectivity index (χ0) is 15.4. The normalized spacial score (nSPS) is 12.3. The molecule has 1 aromatic rings. The maximum Gasteiger partial charge on any atom is 0.320 e. The predicted octanol–water partition coefficient (Wildman–Crippen LogP) is 1.82. The van der Waals surface area contributed by atoms with Crippen LogP contribution in [-0.4, -0.2) is 30.8 Å². The molecule has 2 N–H and O–H groups in total. The molecule has 0 bridgehead atoms. The zero-order valence-corrected chi connectivity index (χ0v) is 10.1. The molecule has 0 amide bonds. The largest absolute Gasteiger partial charge is 0.487 e. The van der Waals surface area contributed by atoms with Gasteiger partial charge in [0, 0.05) is 6.42 Å². The molecule has 0 heterocycles. The molecule has 112 valence electrons. The molecule has 0 aliphatic heterocycles. The van der Waals surface area contributed by atoms with E-state index in [1.807, 2.05) is 0 Å². The predicted molar refractivity (Wildman–Crippen MR) is 56.8 cm³/mol. The maximum atomic E-state index is 13.2. The van der Waals surface area contributed by atoms with Gasteiger partial charge in [0.15, 0.2) is 5.75 Å². The van der Waals surface area contributed by atoms with Crippen molar-refractivity contribution >= 4 is 5.97 Å². The van der Waals surface area contributed by atoms with E-state index >= 15 is 0 Å². The fourth-order valence-electron chi connectivity index (χ4n) is 1.38. The van der Waals surface area contributed by atoms with Crippen molar-refractivity contribution in [3.8, 4) is 5.75 Å². The third kappa shape index (κ3) is 3.16. The van der Waals surface area contributed by atoms with E-state index in [1.165, 1.54) is 7.05 Å². The Balaban J connectivity index is 2.86. The second-order valence-electron chi connectivity index (χ2n) is 3.72. The van der Waals surface area contributed by atoms with Crippen molar-refractivity contribution in [3.05, 3.63) is 29.1 Å². The summed E-state index contributed by atoms with van der Waals surface area (Å²) in [4.78, 5) is 10.6. The number of halogens is 5. The smallest absolute Gasteiger partial charge is 0.320 e. The molecule has 0 radical (unpaired) electrons. The molecule has 9 heteroatoms. The van der Waals surface area contributed by atoms with Crippen molar-refractivity contribution in [2.75, 3.05) is 13.7 Å². The monoisotopic (exact) mass is 299 g/mol. The number of carboxylic acid groups (broad SMARTS) is 1. The summed E-state index contributed by atoms with van der Waals surface area (Å²) >= 11 is 0. The van der Waals surface area contributed by atoms with Gasteiger partial charge in [0.25, 0.3) is 0 Å². The van der Waals surface area contributed by atoms with E-state index in [1.54, 1.807) is 0 Å². The van der Waals surface area contributed by atoms with Crippen LogP contribution in [0, 0.1) is 29.1 Å². The Labute approximate surface area is 110 Å². The fourth-order valence-corrected chi connectivity index (χ4v) is 1.38. The summed E-state index contributed by atoms with van der Waals surface area (Å²) in [5, 5.41) is 11.0. The second kappa shape index (κ2) is 6.51. The van der Waals surface area contributed by atoms with Gasteiger partial charge < -0.3 is 15.2 Å². The van der Waals surface area contributed by atoms with Gasteiger partial charge in [0.1, 0.15) is 6.04 Å². The van der Waals surface area contributed by atoms with E-state index in [0.29, 0.717) is 0 Å². The molecular formula is C11H10F5NO3. The number of carboxylic acids is 1. The number of hydrogen-bond donors (Lipinski definition) is 2. The van der Waals surface area contributed by atoms with Crippen LogP contribution >= 0.6 is 0 Å². The number of carbonyl (C=O) groups is 1. The van der Waals surface area contributed by atoms with Crippen molar-refractivity contribution in [3.63, 3.8) is 0 Å². The molecule has 0 saturated carbocycles. The molecule has 0 fully saturated rings. The van der Waals surface area contributed by atoms with Gasteiger partial charge >= 0.3 is 5.97 Å². The Morgan fingerprint density at radius 2 is 1.55 bits per heavy atom. The highest BCUT2D eigenvalue weighted by atomic mass is 19.2. The van der Waals surface area contributed by atoms with Gasteiger partial charge in [-0.1, -0.05) is 0 Å².